The Morgan fingerprint density at radius 2 is 2.00 bits per heavy atom. The number of hydrogen-bond donors (Lipinski definition) is 1. The van der Waals surface area contributed by atoms with E-state index in [9.17, 15) is 4.39 Å². The molecule has 1 N–H and O–H groups in total. The maximum Gasteiger partial charge on any atom is 0.196 e. The van der Waals surface area contributed by atoms with Gasteiger partial charge in [0.25, 0.3) is 0 Å². The highest BCUT2D eigenvalue weighted by atomic mass is 32.1. The lowest BCUT2D eigenvalue weighted by Gasteiger charge is -2.15. The molecular formula is C14H12FN5S. The third-order valence-electron chi connectivity index (χ3n) is 3.24. The fourth-order valence-corrected chi connectivity index (χ4v) is 2.44. The predicted molar refractivity (Wildman–Crippen MR) is 78.7 cm³/mol. The topological polar surface area (TPSA) is 59.4 Å². The zero-order valence-electron chi connectivity index (χ0n) is 11.2. The van der Waals surface area contributed by atoms with Crippen molar-refractivity contribution in [2.75, 3.05) is 0 Å². The molecule has 0 saturated carbocycles. The maximum absolute atomic E-state index is 13.1. The van der Waals surface area contributed by atoms with E-state index in [4.69, 9.17) is 12.2 Å². The first kappa shape index (κ1) is 13.6. The van der Waals surface area contributed by atoms with Crippen LogP contribution in [-0.4, -0.2) is 24.7 Å². The Hall–Kier alpha value is -2.41. The summed E-state index contributed by atoms with van der Waals surface area (Å²) in [6.07, 6.45) is 4.82. The summed E-state index contributed by atoms with van der Waals surface area (Å²) in [5.41, 5.74) is 1.55. The van der Waals surface area contributed by atoms with E-state index in [1.807, 2.05) is 11.5 Å². The van der Waals surface area contributed by atoms with E-state index >= 15 is 0 Å². The lowest BCUT2D eigenvalue weighted by atomic mass is 10.1. The van der Waals surface area contributed by atoms with Gasteiger partial charge in [-0.3, -0.25) is 14.6 Å². The molecule has 0 aliphatic carbocycles. The second-order valence-electron chi connectivity index (χ2n) is 4.54. The fourth-order valence-electron chi connectivity index (χ4n) is 2.15. The average Bonchev–Trinajstić information content (AvgIpc) is 2.90. The summed E-state index contributed by atoms with van der Waals surface area (Å²) in [5, 5.41) is 6.99. The van der Waals surface area contributed by atoms with Crippen LogP contribution in [0.4, 0.5) is 4.39 Å². The lowest BCUT2D eigenvalue weighted by Crippen LogP contribution is -2.09. The third kappa shape index (κ3) is 2.59. The molecule has 0 saturated heterocycles. The first-order valence-electron chi connectivity index (χ1n) is 6.35. The van der Waals surface area contributed by atoms with Gasteiger partial charge in [-0.05, 0) is 36.8 Å². The minimum atomic E-state index is -0.268. The zero-order valence-corrected chi connectivity index (χ0v) is 12.0. The van der Waals surface area contributed by atoms with Crippen molar-refractivity contribution in [3.05, 3.63) is 59.0 Å². The molecular weight excluding hydrogens is 289 g/mol. The van der Waals surface area contributed by atoms with Crippen LogP contribution in [0.2, 0.25) is 0 Å². The van der Waals surface area contributed by atoms with Gasteiger partial charge >= 0.3 is 0 Å². The van der Waals surface area contributed by atoms with Gasteiger partial charge in [0.15, 0.2) is 10.6 Å². The van der Waals surface area contributed by atoms with Gasteiger partial charge in [-0.2, -0.15) is 5.10 Å². The zero-order chi connectivity index (χ0) is 14.8. The van der Waals surface area contributed by atoms with Crippen molar-refractivity contribution in [3.63, 3.8) is 0 Å². The Kier molecular flexibility index (Phi) is 3.57. The number of nitrogens with one attached hydrogen (secondary N) is 1. The summed E-state index contributed by atoms with van der Waals surface area (Å²) in [5.74, 6) is 0.334. The van der Waals surface area contributed by atoms with Crippen LogP contribution in [0.3, 0.4) is 0 Å². The van der Waals surface area contributed by atoms with Crippen molar-refractivity contribution < 1.29 is 4.39 Å². The highest BCUT2D eigenvalue weighted by molar-refractivity contribution is 7.71. The number of benzene rings is 1. The van der Waals surface area contributed by atoms with Crippen LogP contribution in [0.5, 0.6) is 0 Å². The highest BCUT2D eigenvalue weighted by Gasteiger charge is 2.17. The molecule has 1 aromatic carbocycles. The Balaban J connectivity index is 2.08. The molecule has 0 fully saturated rings. The predicted octanol–water partition coefficient (Wildman–Crippen LogP) is 3.15. The van der Waals surface area contributed by atoms with Crippen LogP contribution in [0.15, 0.2) is 42.9 Å². The summed E-state index contributed by atoms with van der Waals surface area (Å²) in [6, 6.07) is 6.22. The molecule has 1 unspecified atom stereocenters. The minimum Gasteiger partial charge on any atom is -0.291 e. The minimum absolute atomic E-state index is 0.103. The number of aromatic amines is 1. The van der Waals surface area contributed by atoms with Gasteiger partial charge in [0.2, 0.25) is 0 Å². The molecule has 3 rings (SSSR count). The molecule has 0 aliphatic heterocycles. The van der Waals surface area contributed by atoms with E-state index in [1.165, 1.54) is 12.1 Å². The quantitative estimate of drug-likeness (QED) is 0.755. The van der Waals surface area contributed by atoms with Crippen LogP contribution in [0.25, 0.3) is 11.5 Å². The van der Waals surface area contributed by atoms with Crippen molar-refractivity contribution in [1.82, 2.24) is 24.7 Å². The molecule has 106 valence electrons. The molecule has 7 heteroatoms. The first-order chi connectivity index (χ1) is 10.2. The second kappa shape index (κ2) is 5.53. The van der Waals surface area contributed by atoms with Gasteiger partial charge < -0.3 is 0 Å². The molecule has 2 heterocycles. The summed E-state index contributed by atoms with van der Waals surface area (Å²) >= 11 is 5.30. The van der Waals surface area contributed by atoms with Crippen LogP contribution in [0.1, 0.15) is 18.5 Å². The van der Waals surface area contributed by atoms with Gasteiger partial charge in [0.1, 0.15) is 11.5 Å². The molecule has 0 radical (unpaired) electrons. The SMILES string of the molecule is CC(c1ccc(F)cc1)n1c(-c2cnccn2)n[nH]c1=S. The van der Waals surface area contributed by atoms with E-state index in [0.29, 0.717) is 16.3 Å². The van der Waals surface area contributed by atoms with E-state index in [2.05, 4.69) is 20.2 Å². The number of halogens is 1. The standard InChI is InChI=1S/C14H12FN5S/c1-9(10-2-4-11(15)5-3-10)20-13(18-19-14(20)21)12-8-16-6-7-17-12/h2-9H,1H3,(H,19,21). The average molecular weight is 301 g/mol. The lowest BCUT2D eigenvalue weighted by molar-refractivity contribution is 0.613. The second-order valence-corrected chi connectivity index (χ2v) is 4.93. The fraction of sp³-hybridized carbons (Fsp3) is 0.143. The van der Waals surface area contributed by atoms with E-state index in [1.54, 1.807) is 30.7 Å². The summed E-state index contributed by atoms with van der Waals surface area (Å²) in [4.78, 5) is 8.28. The van der Waals surface area contributed by atoms with Crippen LogP contribution >= 0.6 is 12.2 Å². The van der Waals surface area contributed by atoms with Crippen molar-refractivity contribution in [1.29, 1.82) is 0 Å². The van der Waals surface area contributed by atoms with Crippen molar-refractivity contribution >= 4 is 12.2 Å². The van der Waals surface area contributed by atoms with Gasteiger partial charge in [-0.15, -0.1) is 0 Å². The molecule has 1 atom stereocenters. The Bertz CT molecular complexity index is 794. The van der Waals surface area contributed by atoms with E-state index < -0.39 is 0 Å². The number of H-pyrrole nitrogens is 1. The van der Waals surface area contributed by atoms with Gasteiger partial charge in [-0.25, -0.2) is 9.37 Å². The highest BCUT2D eigenvalue weighted by Crippen LogP contribution is 2.24. The number of aromatic nitrogens is 5. The monoisotopic (exact) mass is 301 g/mol. The maximum atomic E-state index is 13.1. The van der Waals surface area contributed by atoms with Crippen LogP contribution in [-0.2, 0) is 0 Å². The Labute approximate surface area is 125 Å². The molecule has 5 nitrogen and oxygen atoms in total. The summed E-state index contributed by atoms with van der Waals surface area (Å²) in [6.45, 7) is 1.97. The molecule has 2 aromatic heterocycles. The third-order valence-corrected chi connectivity index (χ3v) is 3.52. The normalized spacial score (nSPS) is 12.3. The van der Waals surface area contributed by atoms with E-state index in [-0.39, 0.29) is 11.9 Å². The van der Waals surface area contributed by atoms with Crippen molar-refractivity contribution in [3.8, 4) is 11.5 Å². The number of hydrogen-bond acceptors (Lipinski definition) is 4. The summed E-state index contributed by atoms with van der Waals surface area (Å²) < 4.78 is 15.4. The molecule has 0 bridgehead atoms. The molecule has 0 aliphatic rings. The molecule has 0 amide bonds. The number of rotatable bonds is 3. The molecule has 0 spiro atoms. The van der Waals surface area contributed by atoms with Gasteiger partial charge in [0, 0.05) is 12.4 Å². The van der Waals surface area contributed by atoms with Crippen molar-refractivity contribution in [2.45, 2.75) is 13.0 Å². The number of nitrogens with zero attached hydrogens (tertiary/aromatic N) is 4. The Morgan fingerprint density at radius 3 is 2.67 bits per heavy atom. The van der Waals surface area contributed by atoms with E-state index in [0.717, 1.165) is 5.56 Å². The van der Waals surface area contributed by atoms with Gasteiger partial charge in [0.05, 0.1) is 12.2 Å². The van der Waals surface area contributed by atoms with Crippen molar-refractivity contribution in [2.24, 2.45) is 0 Å². The largest absolute Gasteiger partial charge is 0.291 e. The van der Waals surface area contributed by atoms with Gasteiger partial charge in [-0.1, -0.05) is 12.1 Å². The van der Waals surface area contributed by atoms with Crippen LogP contribution < -0.4 is 0 Å². The first-order valence-corrected chi connectivity index (χ1v) is 6.76. The summed E-state index contributed by atoms with van der Waals surface area (Å²) in [7, 11) is 0. The van der Waals surface area contributed by atoms with Crippen LogP contribution in [0, 0.1) is 10.6 Å². The Morgan fingerprint density at radius 1 is 1.24 bits per heavy atom. The molecule has 21 heavy (non-hydrogen) atoms. The molecule has 3 aromatic rings. The smallest absolute Gasteiger partial charge is 0.196 e.